The number of rotatable bonds is 4. The molecule has 1 saturated carbocycles. The molecule has 102 valence electrons. The molecule has 0 heterocycles. The number of amidine groups is 1. The van der Waals surface area contributed by atoms with Gasteiger partial charge in [0, 0.05) is 12.0 Å². The quantitative estimate of drug-likeness (QED) is 0.337. The third kappa shape index (κ3) is 3.21. The molecule has 1 amide bonds. The first-order chi connectivity index (χ1) is 9.10. The highest BCUT2D eigenvalue weighted by Crippen LogP contribution is 2.29. The van der Waals surface area contributed by atoms with Crippen LogP contribution in [0.15, 0.2) is 23.4 Å². The summed E-state index contributed by atoms with van der Waals surface area (Å²) < 4.78 is 13.2. The van der Waals surface area contributed by atoms with Crippen molar-refractivity contribution in [3.8, 4) is 0 Å². The summed E-state index contributed by atoms with van der Waals surface area (Å²) in [6, 6.07) is 3.74. The number of nitrogens with two attached hydrogens (primary N) is 1. The number of oxime groups is 1. The number of anilines is 1. The van der Waals surface area contributed by atoms with Crippen LogP contribution >= 0.6 is 0 Å². The van der Waals surface area contributed by atoms with Crippen LogP contribution in [0.4, 0.5) is 10.1 Å². The van der Waals surface area contributed by atoms with Crippen LogP contribution in [0.25, 0.3) is 0 Å². The summed E-state index contributed by atoms with van der Waals surface area (Å²) >= 11 is 0. The van der Waals surface area contributed by atoms with E-state index in [2.05, 4.69) is 10.5 Å². The topological polar surface area (TPSA) is 87.7 Å². The largest absolute Gasteiger partial charge is 0.409 e. The number of halogens is 1. The molecule has 0 spiro atoms. The zero-order valence-electron chi connectivity index (χ0n) is 10.4. The highest BCUT2D eigenvalue weighted by molar-refractivity contribution is 6.05. The van der Waals surface area contributed by atoms with Gasteiger partial charge in [-0.25, -0.2) is 4.39 Å². The number of hydrogen-bond acceptors (Lipinski definition) is 3. The fraction of sp³-hybridized carbons (Fsp3) is 0.385. The predicted molar refractivity (Wildman–Crippen MR) is 69.5 cm³/mol. The van der Waals surface area contributed by atoms with E-state index in [9.17, 15) is 9.18 Å². The van der Waals surface area contributed by atoms with Crippen LogP contribution < -0.4 is 11.1 Å². The van der Waals surface area contributed by atoms with Crippen LogP contribution in [0.5, 0.6) is 0 Å². The lowest BCUT2D eigenvalue weighted by Gasteiger charge is -2.24. The van der Waals surface area contributed by atoms with Crippen molar-refractivity contribution in [1.82, 2.24) is 0 Å². The van der Waals surface area contributed by atoms with Crippen LogP contribution in [-0.4, -0.2) is 17.0 Å². The molecule has 1 aromatic rings. The summed E-state index contributed by atoms with van der Waals surface area (Å²) in [7, 11) is 0. The second-order valence-corrected chi connectivity index (χ2v) is 4.72. The molecule has 6 heteroatoms. The zero-order chi connectivity index (χ0) is 13.8. The van der Waals surface area contributed by atoms with Crippen molar-refractivity contribution >= 4 is 17.4 Å². The molecule has 0 unspecified atom stereocenters. The van der Waals surface area contributed by atoms with Gasteiger partial charge in [0.25, 0.3) is 0 Å². The molecular weight excluding hydrogens is 249 g/mol. The number of hydrogen-bond donors (Lipinski definition) is 3. The summed E-state index contributed by atoms with van der Waals surface area (Å²) in [5.41, 5.74) is 5.98. The number of carbonyl (C=O) groups is 1. The molecule has 0 radical (unpaired) electrons. The van der Waals surface area contributed by atoms with Gasteiger partial charge in [-0.05, 0) is 37.0 Å². The first-order valence-corrected chi connectivity index (χ1v) is 6.17. The Morgan fingerprint density at radius 2 is 2.26 bits per heavy atom. The fourth-order valence-corrected chi connectivity index (χ4v) is 2.05. The van der Waals surface area contributed by atoms with E-state index in [1.165, 1.54) is 18.6 Å². The van der Waals surface area contributed by atoms with Gasteiger partial charge in [0.1, 0.15) is 5.82 Å². The lowest BCUT2D eigenvalue weighted by molar-refractivity contribution is -0.117. The van der Waals surface area contributed by atoms with E-state index in [0.717, 1.165) is 18.9 Å². The van der Waals surface area contributed by atoms with Gasteiger partial charge in [0.15, 0.2) is 5.84 Å². The second-order valence-electron chi connectivity index (χ2n) is 4.72. The molecule has 1 aliphatic carbocycles. The van der Waals surface area contributed by atoms with E-state index in [1.54, 1.807) is 0 Å². The van der Waals surface area contributed by atoms with Gasteiger partial charge in [0.05, 0.1) is 5.69 Å². The molecule has 5 nitrogen and oxygen atoms in total. The first-order valence-electron chi connectivity index (χ1n) is 6.17. The maximum Gasteiger partial charge on any atom is 0.224 e. The highest BCUT2D eigenvalue weighted by atomic mass is 19.1. The van der Waals surface area contributed by atoms with Gasteiger partial charge in [-0.15, -0.1) is 0 Å². The SMILES string of the molecule is N/C(=N/O)c1cc(F)ccc1NC(=O)CC1CCC1. The van der Waals surface area contributed by atoms with Crippen molar-refractivity contribution < 1.29 is 14.4 Å². The molecule has 0 bridgehead atoms. The number of nitrogens with zero attached hydrogens (tertiary/aromatic N) is 1. The average Bonchev–Trinajstić information content (AvgIpc) is 2.35. The number of benzene rings is 1. The van der Waals surface area contributed by atoms with E-state index >= 15 is 0 Å². The molecular formula is C13H16FN3O2. The van der Waals surface area contributed by atoms with Gasteiger partial charge in [-0.3, -0.25) is 4.79 Å². The Kier molecular flexibility index (Phi) is 3.99. The smallest absolute Gasteiger partial charge is 0.224 e. The second kappa shape index (κ2) is 5.69. The van der Waals surface area contributed by atoms with Gasteiger partial charge < -0.3 is 16.3 Å². The number of amides is 1. The van der Waals surface area contributed by atoms with Crippen molar-refractivity contribution in [2.24, 2.45) is 16.8 Å². The Morgan fingerprint density at radius 3 is 2.84 bits per heavy atom. The Balaban J connectivity index is 2.12. The van der Waals surface area contributed by atoms with E-state index < -0.39 is 5.82 Å². The third-order valence-electron chi connectivity index (χ3n) is 3.34. The van der Waals surface area contributed by atoms with Crippen LogP contribution in [0, 0.1) is 11.7 Å². The number of nitrogens with one attached hydrogen (secondary N) is 1. The summed E-state index contributed by atoms with van der Waals surface area (Å²) in [5.74, 6) is -0.451. The van der Waals surface area contributed by atoms with Crippen molar-refractivity contribution in [3.63, 3.8) is 0 Å². The minimum atomic E-state index is -0.515. The fourth-order valence-electron chi connectivity index (χ4n) is 2.05. The Morgan fingerprint density at radius 1 is 1.53 bits per heavy atom. The van der Waals surface area contributed by atoms with Gasteiger partial charge in [-0.1, -0.05) is 11.6 Å². The van der Waals surface area contributed by atoms with E-state index in [0.29, 0.717) is 18.0 Å². The van der Waals surface area contributed by atoms with Crippen molar-refractivity contribution in [2.75, 3.05) is 5.32 Å². The lowest BCUT2D eigenvalue weighted by Crippen LogP contribution is -2.23. The van der Waals surface area contributed by atoms with Crippen LogP contribution in [-0.2, 0) is 4.79 Å². The standard InChI is InChI=1S/C13H16FN3O2/c14-9-4-5-11(10(7-9)13(15)17-19)16-12(18)6-8-2-1-3-8/h4-5,7-8,19H,1-3,6H2,(H2,15,17)(H,16,18). The molecule has 2 rings (SSSR count). The lowest BCUT2D eigenvalue weighted by atomic mass is 9.83. The zero-order valence-corrected chi connectivity index (χ0v) is 10.4. The summed E-state index contributed by atoms with van der Waals surface area (Å²) in [6.45, 7) is 0. The molecule has 0 aliphatic heterocycles. The van der Waals surface area contributed by atoms with Crippen molar-refractivity contribution in [1.29, 1.82) is 0 Å². The predicted octanol–water partition coefficient (Wildman–Crippen LogP) is 2.05. The normalized spacial score (nSPS) is 15.9. The van der Waals surface area contributed by atoms with Crippen molar-refractivity contribution in [2.45, 2.75) is 25.7 Å². The maximum absolute atomic E-state index is 13.2. The van der Waals surface area contributed by atoms with E-state index in [-0.39, 0.29) is 17.3 Å². The van der Waals surface area contributed by atoms with Gasteiger partial charge in [0.2, 0.25) is 5.91 Å². The summed E-state index contributed by atoms with van der Waals surface area (Å²) in [5, 5.41) is 14.2. The Bertz CT molecular complexity index is 513. The molecule has 0 saturated heterocycles. The molecule has 1 aromatic carbocycles. The Labute approximate surface area is 110 Å². The van der Waals surface area contributed by atoms with Crippen LogP contribution in [0.1, 0.15) is 31.2 Å². The van der Waals surface area contributed by atoms with Gasteiger partial charge in [-0.2, -0.15) is 0 Å². The Hall–Kier alpha value is -2.11. The highest BCUT2D eigenvalue weighted by Gasteiger charge is 2.21. The van der Waals surface area contributed by atoms with Crippen LogP contribution in [0.3, 0.4) is 0 Å². The average molecular weight is 265 g/mol. The minimum Gasteiger partial charge on any atom is -0.409 e. The maximum atomic E-state index is 13.2. The third-order valence-corrected chi connectivity index (χ3v) is 3.34. The molecule has 0 atom stereocenters. The van der Waals surface area contributed by atoms with E-state index in [1.807, 2.05) is 0 Å². The van der Waals surface area contributed by atoms with E-state index in [4.69, 9.17) is 10.9 Å². The molecule has 19 heavy (non-hydrogen) atoms. The number of carbonyl (C=O) groups excluding carboxylic acids is 1. The summed E-state index contributed by atoms with van der Waals surface area (Å²) in [4.78, 5) is 11.8. The molecule has 4 N–H and O–H groups in total. The first kappa shape index (κ1) is 13.3. The molecule has 0 aromatic heterocycles. The van der Waals surface area contributed by atoms with Crippen molar-refractivity contribution in [3.05, 3.63) is 29.6 Å². The molecule has 1 aliphatic rings. The summed E-state index contributed by atoms with van der Waals surface area (Å²) in [6.07, 6.45) is 3.77. The monoisotopic (exact) mass is 265 g/mol. The van der Waals surface area contributed by atoms with Gasteiger partial charge >= 0.3 is 0 Å². The molecule has 1 fully saturated rings. The van der Waals surface area contributed by atoms with Crippen LogP contribution in [0.2, 0.25) is 0 Å². The minimum absolute atomic E-state index is 0.136.